The summed E-state index contributed by atoms with van der Waals surface area (Å²) >= 11 is 0. The van der Waals surface area contributed by atoms with E-state index in [0.29, 0.717) is 0 Å². The van der Waals surface area contributed by atoms with E-state index in [0.717, 1.165) is 29.4 Å². The second-order valence-corrected chi connectivity index (χ2v) is 11.5. The first-order chi connectivity index (χ1) is 21.3. The highest BCUT2D eigenvalue weighted by molar-refractivity contribution is 6.17. The normalized spacial score (nSPS) is 12.8. The van der Waals surface area contributed by atoms with Crippen molar-refractivity contribution in [3.63, 3.8) is 0 Å². The van der Waals surface area contributed by atoms with E-state index in [9.17, 15) is 0 Å². The Balaban J connectivity index is 1.37. The highest BCUT2D eigenvalue weighted by Gasteiger charge is 2.20. The molecule has 0 spiro atoms. The maximum Gasteiger partial charge on any atom is 0.136 e. The lowest BCUT2D eigenvalue weighted by Gasteiger charge is -2.18. The van der Waals surface area contributed by atoms with Gasteiger partial charge in [-0.2, -0.15) is 0 Å². The van der Waals surface area contributed by atoms with E-state index >= 15 is 0 Å². The van der Waals surface area contributed by atoms with Crippen LogP contribution in [0.2, 0.25) is 0 Å². The van der Waals surface area contributed by atoms with Crippen molar-refractivity contribution in [2.75, 3.05) is 0 Å². The molecule has 43 heavy (non-hydrogen) atoms. The van der Waals surface area contributed by atoms with Crippen LogP contribution in [0, 0.1) is 0 Å². The molecule has 1 aromatic heterocycles. The van der Waals surface area contributed by atoms with Crippen molar-refractivity contribution in [1.29, 1.82) is 0 Å². The third-order valence-corrected chi connectivity index (χ3v) is 9.08. The molecule has 0 radical (unpaired) electrons. The van der Waals surface area contributed by atoms with Crippen LogP contribution >= 0.6 is 0 Å². The third-order valence-electron chi connectivity index (χ3n) is 9.08. The molecule has 1 aliphatic rings. The zero-order valence-corrected chi connectivity index (χ0v) is 23.7. The van der Waals surface area contributed by atoms with Crippen molar-refractivity contribution in [2.45, 2.75) is 12.8 Å². The Labute approximate surface area is 249 Å². The Kier molecular flexibility index (Phi) is 5.39. The average molecular weight is 549 g/mol. The van der Waals surface area contributed by atoms with Crippen LogP contribution in [-0.4, -0.2) is 0 Å². The molecule has 0 fully saturated rings. The highest BCUT2D eigenvalue weighted by Crippen LogP contribution is 2.40. The van der Waals surface area contributed by atoms with E-state index in [1.54, 1.807) is 0 Å². The Morgan fingerprint density at radius 3 is 1.86 bits per heavy atom. The molecule has 9 rings (SSSR count). The quantitative estimate of drug-likeness (QED) is 0.214. The van der Waals surface area contributed by atoms with Crippen molar-refractivity contribution < 1.29 is 4.42 Å². The summed E-state index contributed by atoms with van der Waals surface area (Å²) in [5, 5.41) is 10.1. The standard InChI is InChI=1S/C42H28O/c1-2-16-30-27(12-1)13-10-22-31(30)28-14-9-15-29(26-28)40-32-17-3-5-19-34(32)41(35-20-6-4-18-33(35)40)37-23-11-25-39-42(37)36-21-7-8-24-38(36)43-39/h1-3,5,7-26H,4,6H2. The topological polar surface area (TPSA) is 13.1 Å². The fourth-order valence-corrected chi connectivity index (χ4v) is 7.26. The Bertz CT molecular complexity index is 2510. The first-order valence-electron chi connectivity index (χ1n) is 15.1. The average Bonchev–Trinajstić information content (AvgIpc) is 3.46. The summed E-state index contributed by atoms with van der Waals surface area (Å²) in [5.41, 5.74) is 9.47. The van der Waals surface area contributed by atoms with Crippen molar-refractivity contribution >= 4 is 55.6 Å². The number of benzene rings is 7. The zero-order valence-electron chi connectivity index (χ0n) is 23.7. The minimum atomic E-state index is 0.931. The molecule has 0 saturated heterocycles. The molecule has 0 unspecified atom stereocenters. The molecule has 1 nitrogen and oxygen atoms in total. The number of hydrogen-bond donors (Lipinski definition) is 0. The Morgan fingerprint density at radius 1 is 0.419 bits per heavy atom. The van der Waals surface area contributed by atoms with Gasteiger partial charge in [0.15, 0.2) is 0 Å². The van der Waals surface area contributed by atoms with Gasteiger partial charge < -0.3 is 4.42 Å². The van der Waals surface area contributed by atoms with Crippen molar-refractivity contribution in [3.05, 3.63) is 144 Å². The fraction of sp³-hybridized carbons (Fsp3) is 0.0476. The van der Waals surface area contributed by atoms with E-state index in [4.69, 9.17) is 4.42 Å². The lowest BCUT2D eigenvalue weighted by atomic mass is 9.84. The number of furan rings is 1. The maximum atomic E-state index is 6.33. The lowest BCUT2D eigenvalue weighted by molar-refractivity contribution is 0.669. The summed E-state index contributed by atoms with van der Waals surface area (Å²) in [6.45, 7) is 0. The van der Waals surface area contributed by atoms with Crippen LogP contribution in [0.25, 0.3) is 89.0 Å². The van der Waals surface area contributed by atoms with Gasteiger partial charge in [0, 0.05) is 10.8 Å². The predicted octanol–water partition coefficient (Wildman–Crippen LogP) is 10.2. The van der Waals surface area contributed by atoms with Crippen LogP contribution in [0.5, 0.6) is 0 Å². The summed E-state index contributed by atoms with van der Waals surface area (Å²) in [4.78, 5) is 0. The van der Waals surface area contributed by atoms with Gasteiger partial charge in [-0.05, 0) is 96.4 Å². The van der Waals surface area contributed by atoms with Gasteiger partial charge in [0.2, 0.25) is 0 Å². The molecule has 1 heteroatoms. The van der Waals surface area contributed by atoms with Crippen LogP contribution < -0.4 is 10.4 Å². The SMILES string of the molecule is C1=c2c(-c3cccc(-c4cccc5ccccc45)c3)c3ccccc3c(-c3cccc4oc5ccccc5c34)c2=CCC1. The lowest BCUT2D eigenvalue weighted by Crippen LogP contribution is -2.31. The van der Waals surface area contributed by atoms with Gasteiger partial charge in [-0.15, -0.1) is 0 Å². The van der Waals surface area contributed by atoms with E-state index in [1.807, 2.05) is 6.07 Å². The molecule has 0 N–H and O–H groups in total. The molecule has 1 aliphatic carbocycles. The number of rotatable bonds is 3. The Morgan fingerprint density at radius 2 is 1.00 bits per heavy atom. The summed E-state index contributed by atoms with van der Waals surface area (Å²) < 4.78 is 6.33. The largest absolute Gasteiger partial charge is 0.456 e. The van der Waals surface area contributed by atoms with Crippen molar-refractivity contribution in [2.24, 2.45) is 0 Å². The monoisotopic (exact) mass is 548 g/mol. The minimum absolute atomic E-state index is 0.931. The van der Waals surface area contributed by atoms with Crippen LogP contribution in [0.3, 0.4) is 0 Å². The van der Waals surface area contributed by atoms with Gasteiger partial charge in [0.05, 0.1) is 0 Å². The van der Waals surface area contributed by atoms with Crippen LogP contribution in [-0.2, 0) is 0 Å². The van der Waals surface area contributed by atoms with Gasteiger partial charge in [0.1, 0.15) is 11.2 Å². The molecule has 8 aromatic rings. The van der Waals surface area contributed by atoms with Gasteiger partial charge in [-0.3, -0.25) is 0 Å². The third kappa shape index (κ3) is 3.72. The molecule has 0 bridgehead atoms. The number of para-hydroxylation sites is 1. The zero-order chi connectivity index (χ0) is 28.3. The molecular formula is C42H28O. The summed E-state index contributed by atoms with van der Waals surface area (Å²) in [5.74, 6) is 0. The van der Waals surface area contributed by atoms with Crippen LogP contribution in [0.1, 0.15) is 12.8 Å². The highest BCUT2D eigenvalue weighted by atomic mass is 16.3. The summed E-state index contributed by atoms with van der Waals surface area (Å²) in [6, 6.07) is 48.3. The molecule has 1 heterocycles. The molecule has 7 aromatic carbocycles. The first kappa shape index (κ1) is 24.2. The number of hydrogen-bond acceptors (Lipinski definition) is 1. The van der Waals surface area contributed by atoms with Crippen LogP contribution in [0.4, 0.5) is 0 Å². The summed E-state index contributed by atoms with van der Waals surface area (Å²) in [7, 11) is 0. The predicted molar refractivity (Wildman–Crippen MR) is 182 cm³/mol. The number of fused-ring (bicyclic) bond motifs is 6. The second kappa shape index (κ2) is 9.58. The van der Waals surface area contributed by atoms with E-state index in [-0.39, 0.29) is 0 Å². The fourth-order valence-electron chi connectivity index (χ4n) is 7.26. The van der Waals surface area contributed by atoms with Gasteiger partial charge in [-0.1, -0.05) is 127 Å². The second-order valence-electron chi connectivity index (χ2n) is 11.5. The minimum Gasteiger partial charge on any atom is -0.456 e. The summed E-state index contributed by atoms with van der Waals surface area (Å²) in [6.07, 6.45) is 6.99. The molecule has 0 saturated carbocycles. The van der Waals surface area contributed by atoms with Crippen LogP contribution in [0.15, 0.2) is 138 Å². The Hall–Kier alpha value is -5.40. The van der Waals surface area contributed by atoms with E-state index in [2.05, 4.69) is 140 Å². The smallest absolute Gasteiger partial charge is 0.136 e. The van der Waals surface area contributed by atoms with Crippen molar-refractivity contribution in [1.82, 2.24) is 0 Å². The molecular weight excluding hydrogens is 520 g/mol. The van der Waals surface area contributed by atoms with Gasteiger partial charge in [0.25, 0.3) is 0 Å². The van der Waals surface area contributed by atoms with E-state index in [1.165, 1.54) is 70.7 Å². The molecule has 202 valence electrons. The van der Waals surface area contributed by atoms with Gasteiger partial charge >= 0.3 is 0 Å². The maximum absolute atomic E-state index is 6.33. The van der Waals surface area contributed by atoms with Crippen molar-refractivity contribution in [3.8, 4) is 33.4 Å². The molecule has 0 amide bonds. The molecule has 0 aliphatic heterocycles. The first-order valence-corrected chi connectivity index (χ1v) is 15.1. The van der Waals surface area contributed by atoms with E-state index < -0.39 is 0 Å². The molecule has 0 atom stereocenters. The van der Waals surface area contributed by atoms with Gasteiger partial charge in [-0.25, -0.2) is 0 Å².